The molecule has 1 saturated carbocycles. The molecule has 0 radical (unpaired) electrons. The molecule has 17 heavy (non-hydrogen) atoms. The third-order valence-corrected chi connectivity index (χ3v) is 5.93. The summed E-state index contributed by atoms with van der Waals surface area (Å²) in [6.45, 7) is 2.38. The molecule has 3 unspecified atom stereocenters. The van der Waals surface area contributed by atoms with E-state index in [4.69, 9.17) is 0 Å². The molecule has 0 amide bonds. The predicted octanol–water partition coefficient (Wildman–Crippen LogP) is 4.67. The smallest absolute Gasteiger partial charge is 0.0704 e. The third kappa shape index (κ3) is 2.61. The highest BCUT2D eigenvalue weighted by Gasteiger charge is 2.27. The van der Waals surface area contributed by atoms with Crippen molar-refractivity contribution in [2.75, 3.05) is 0 Å². The van der Waals surface area contributed by atoms with Gasteiger partial charge in [-0.25, -0.2) is 0 Å². The van der Waals surface area contributed by atoms with Crippen LogP contribution in [0, 0.1) is 5.92 Å². The zero-order chi connectivity index (χ0) is 11.8. The van der Waals surface area contributed by atoms with Gasteiger partial charge < -0.3 is 5.32 Å². The predicted molar refractivity (Wildman–Crippen MR) is 77.6 cm³/mol. The average molecular weight is 314 g/mol. The van der Waals surface area contributed by atoms with Gasteiger partial charge in [0.1, 0.15) is 0 Å². The van der Waals surface area contributed by atoms with E-state index in [2.05, 4.69) is 34.2 Å². The average Bonchev–Trinajstić information content (AvgIpc) is 2.84. The Labute approximate surface area is 116 Å². The molecule has 1 aromatic heterocycles. The SMILES string of the molecule is CC1CCC(NC2CCCc3sc(Br)cc32)C1. The van der Waals surface area contributed by atoms with Crippen LogP contribution < -0.4 is 5.32 Å². The molecule has 94 valence electrons. The normalized spacial score (nSPS) is 32.7. The molecular formula is C14H20BrNS. The first kappa shape index (κ1) is 12.2. The molecule has 0 bridgehead atoms. The van der Waals surface area contributed by atoms with Gasteiger partial charge in [-0.1, -0.05) is 6.92 Å². The monoisotopic (exact) mass is 313 g/mol. The van der Waals surface area contributed by atoms with Gasteiger partial charge in [-0.15, -0.1) is 11.3 Å². The van der Waals surface area contributed by atoms with Gasteiger partial charge in [0.15, 0.2) is 0 Å². The maximum absolute atomic E-state index is 3.90. The second-order valence-corrected chi connectivity index (χ2v) is 8.17. The standard InChI is InChI=1S/C14H20BrNS/c1-9-5-6-10(7-9)16-12-3-2-4-13-11(12)8-14(15)17-13/h8-10,12,16H,2-7H2,1H3. The van der Waals surface area contributed by atoms with Gasteiger partial charge in [-0.2, -0.15) is 0 Å². The van der Waals surface area contributed by atoms with Crippen molar-refractivity contribution in [2.24, 2.45) is 5.92 Å². The second kappa shape index (κ2) is 5.02. The van der Waals surface area contributed by atoms with Gasteiger partial charge in [0.05, 0.1) is 3.79 Å². The lowest BCUT2D eigenvalue weighted by Crippen LogP contribution is -2.32. The van der Waals surface area contributed by atoms with E-state index in [1.807, 2.05) is 11.3 Å². The number of halogens is 1. The van der Waals surface area contributed by atoms with E-state index in [-0.39, 0.29) is 0 Å². The molecule has 0 aliphatic heterocycles. The molecule has 2 aliphatic carbocycles. The number of rotatable bonds is 2. The Morgan fingerprint density at radius 3 is 3.00 bits per heavy atom. The molecule has 1 N–H and O–H groups in total. The first-order valence-corrected chi connectivity index (χ1v) is 8.37. The van der Waals surface area contributed by atoms with Crippen LogP contribution >= 0.6 is 27.3 Å². The van der Waals surface area contributed by atoms with Crippen LogP contribution in [-0.4, -0.2) is 6.04 Å². The van der Waals surface area contributed by atoms with Crippen LogP contribution in [0.2, 0.25) is 0 Å². The van der Waals surface area contributed by atoms with Crippen molar-refractivity contribution in [1.82, 2.24) is 5.32 Å². The van der Waals surface area contributed by atoms with Gasteiger partial charge in [-0.05, 0) is 72.0 Å². The molecule has 1 fully saturated rings. The van der Waals surface area contributed by atoms with E-state index in [0.717, 1.165) is 12.0 Å². The molecule has 0 saturated heterocycles. The molecule has 1 aromatic rings. The zero-order valence-electron chi connectivity index (χ0n) is 10.3. The number of thiophene rings is 1. The molecular weight excluding hydrogens is 294 g/mol. The van der Waals surface area contributed by atoms with Crippen LogP contribution in [-0.2, 0) is 6.42 Å². The van der Waals surface area contributed by atoms with Gasteiger partial charge in [0, 0.05) is 17.0 Å². The molecule has 2 aliphatic rings. The van der Waals surface area contributed by atoms with Crippen molar-refractivity contribution in [2.45, 2.75) is 57.5 Å². The lowest BCUT2D eigenvalue weighted by atomic mass is 9.93. The summed E-state index contributed by atoms with van der Waals surface area (Å²) in [6.07, 6.45) is 8.10. The summed E-state index contributed by atoms with van der Waals surface area (Å²) in [5.74, 6) is 0.921. The van der Waals surface area contributed by atoms with Crippen molar-refractivity contribution in [3.05, 3.63) is 20.3 Å². The number of nitrogens with one attached hydrogen (secondary N) is 1. The van der Waals surface area contributed by atoms with Crippen molar-refractivity contribution in [3.8, 4) is 0 Å². The first-order valence-electron chi connectivity index (χ1n) is 6.76. The quantitative estimate of drug-likeness (QED) is 0.837. The van der Waals surface area contributed by atoms with Gasteiger partial charge in [-0.3, -0.25) is 0 Å². The topological polar surface area (TPSA) is 12.0 Å². The van der Waals surface area contributed by atoms with E-state index < -0.39 is 0 Å². The van der Waals surface area contributed by atoms with E-state index in [1.165, 1.54) is 42.3 Å². The molecule has 3 atom stereocenters. The van der Waals surface area contributed by atoms with Crippen molar-refractivity contribution in [1.29, 1.82) is 0 Å². The number of fused-ring (bicyclic) bond motifs is 1. The molecule has 1 nitrogen and oxygen atoms in total. The first-order chi connectivity index (χ1) is 8.22. The summed E-state index contributed by atoms with van der Waals surface area (Å²) in [6, 6.07) is 3.73. The Kier molecular flexibility index (Phi) is 3.60. The largest absolute Gasteiger partial charge is 0.307 e. The minimum atomic E-state index is 0.622. The Morgan fingerprint density at radius 2 is 2.24 bits per heavy atom. The highest BCUT2D eigenvalue weighted by molar-refractivity contribution is 9.11. The highest BCUT2D eigenvalue weighted by Crippen LogP contribution is 2.39. The van der Waals surface area contributed by atoms with Gasteiger partial charge in [0.2, 0.25) is 0 Å². The Bertz CT molecular complexity index is 401. The summed E-state index contributed by atoms with van der Waals surface area (Å²) < 4.78 is 1.30. The van der Waals surface area contributed by atoms with E-state index in [9.17, 15) is 0 Å². The maximum Gasteiger partial charge on any atom is 0.0704 e. The zero-order valence-corrected chi connectivity index (χ0v) is 12.7. The number of aryl methyl sites for hydroxylation is 1. The lowest BCUT2D eigenvalue weighted by molar-refractivity contribution is 0.393. The summed E-state index contributed by atoms with van der Waals surface area (Å²) >= 11 is 5.56. The number of hydrogen-bond donors (Lipinski definition) is 1. The van der Waals surface area contributed by atoms with E-state index >= 15 is 0 Å². The van der Waals surface area contributed by atoms with Crippen molar-refractivity contribution < 1.29 is 0 Å². The van der Waals surface area contributed by atoms with Crippen LogP contribution in [0.15, 0.2) is 9.85 Å². The summed E-state index contributed by atoms with van der Waals surface area (Å²) in [5, 5.41) is 3.90. The fraction of sp³-hybridized carbons (Fsp3) is 0.714. The minimum Gasteiger partial charge on any atom is -0.307 e. The third-order valence-electron chi connectivity index (χ3n) is 4.22. The number of hydrogen-bond acceptors (Lipinski definition) is 2. The summed E-state index contributed by atoms with van der Waals surface area (Å²) in [5.41, 5.74) is 1.58. The van der Waals surface area contributed by atoms with E-state index in [0.29, 0.717) is 6.04 Å². The van der Waals surface area contributed by atoms with Crippen LogP contribution in [0.4, 0.5) is 0 Å². The lowest BCUT2D eigenvalue weighted by Gasteiger charge is -2.27. The molecule has 1 heterocycles. The molecule has 0 spiro atoms. The fourth-order valence-electron chi connectivity index (χ4n) is 3.34. The van der Waals surface area contributed by atoms with E-state index in [1.54, 1.807) is 10.4 Å². The van der Waals surface area contributed by atoms with Crippen molar-refractivity contribution >= 4 is 27.3 Å². The van der Waals surface area contributed by atoms with Gasteiger partial charge in [0.25, 0.3) is 0 Å². The van der Waals surface area contributed by atoms with Crippen LogP contribution in [0.3, 0.4) is 0 Å². The van der Waals surface area contributed by atoms with Gasteiger partial charge >= 0.3 is 0 Å². The molecule has 3 rings (SSSR count). The molecule has 0 aromatic carbocycles. The summed E-state index contributed by atoms with van der Waals surface area (Å²) in [4.78, 5) is 1.60. The van der Waals surface area contributed by atoms with Crippen LogP contribution in [0.25, 0.3) is 0 Å². The summed E-state index contributed by atoms with van der Waals surface area (Å²) in [7, 11) is 0. The maximum atomic E-state index is 3.90. The highest BCUT2D eigenvalue weighted by atomic mass is 79.9. The molecule has 3 heteroatoms. The van der Waals surface area contributed by atoms with Crippen molar-refractivity contribution in [3.63, 3.8) is 0 Å². The minimum absolute atomic E-state index is 0.622. The van der Waals surface area contributed by atoms with Crippen LogP contribution in [0.5, 0.6) is 0 Å². The Morgan fingerprint density at radius 1 is 1.35 bits per heavy atom. The Balaban J connectivity index is 1.72. The second-order valence-electron chi connectivity index (χ2n) is 5.66. The fourth-order valence-corrected chi connectivity index (χ4v) is 5.16. The van der Waals surface area contributed by atoms with Crippen LogP contribution in [0.1, 0.15) is 55.5 Å². The Hall–Kier alpha value is 0.140.